The molecule has 0 radical (unpaired) electrons. The molecule has 4 aromatic rings. The van der Waals surface area contributed by atoms with Crippen LogP contribution in [0.2, 0.25) is 0 Å². The van der Waals surface area contributed by atoms with E-state index >= 15 is 0 Å². The number of aliphatic imine (C=N–C) groups is 5. The third-order valence-electron chi connectivity index (χ3n) is 17.8. The van der Waals surface area contributed by atoms with Crippen LogP contribution in [0, 0.1) is 46.3 Å². The van der Waals surface area contributed by atoms with Gasteiger partial charge in [0.25, 0.3) is 0 Å². The number of nitrogens with zero attached hydrogens (tertiary/aromatic N) is 7. The number of aromatic nitrogens is 1. The number of amidine groups is 5. The van der Waals surface area contributed by atoms with E-state index in [1.165, 1.54) is 25.7 Å². The zero-order chi connectivity index (χ0) is 42.0. The van der Waals surface area contributed by atoms with E-state index in [0.29, 0.717) is 59.4 Å². The SMILES string of the molecule is CC1(C)C2CCC(CO[Si]3(OCC4CCC5CC4C5(C)C)N4/C5=N\C6=NC(=N\c7c8ccccc8c(n73)/N=C3\N=C(NC4c4ccccc45)c4ccccc43)/C3=C6C=CCC3)C1C2. The van der Waals surface area contributed by atoms with E-state index in [2.05, 4.69) is 127 Å². The van der Waals surface area contributed by atoms with Gasteiger partial charge in [-0.05, 0) is 97.7 Å². The third kappa shape index (κ3) is 4.99. The van der Waals surface area contributed by atoms with Crippen LogP contribution >= 0.6 is 0 Å². The summed E-state index contributed by atoms with van der Waals surface area (Å²) in [5, 5.41) is 6.06. The van der Waals surface area contributed by atoms with Crippen LogP contribution in [-0.4, -0.2) is 60.1 Å². The summed E-state index contributed by atoms with van der Waals surface area (Å²) in [6.07, 6.45) is 13.2. The van der Waals surface area contributed by atoms with Crippen LogP contribution in [0.1, 0.15) is 107 Å². The topological polar surface area (TPSA) is 100 Å². The van der Waals surface area contributed by atoms with Crippen molar-refractivity contribution in [1.82, 2.24) is 14.1 Å². The molecule has 318 valence electrons. The van der Waals surface area contributed by atoms with Gasteiger partial charge in [-0.3, -0.25) is 8.80 Å². The smallest absolute Gasteiger partial charge is 0.361 e. The van der Waals surface area contributed by atoms with Crippen LogP contribution in [-0.2, 0) is 8.85 Å². The normalized spacial score (nSPS) is 35.3. The second-order valence-electron chi connectivity index (χ2n) is 21.2. The Labute approximate surface area is 370 Å². The maximum atomic E-state index is 8.18. The Kier molecular flexibility index (Phi) is 7.64. The van der Waals surface area contributed by atoms with Gasteiger partial charge in [0.2, 0.25) is 0 Å². The van der Waals surface area contributed by atoms with Crippen LogP contribution in [0.5, 0.6) is 0 Å². The molecule has 6 fully saturated rings. The van der Waals surface area contributed by atoms with Gasteiger partial charge in [-0.2, -0.15) is 0 Å². The molecule has 1 N–H and O–H groups in total. The second kappa shape index (κ2) is 12.9. The molecule has 0 spiro atoms. The molecule has 63 heavy (non-hydrogen) atoms. The number of benzene rings is 3. The molecule has 10 bridgehead atoms. The van der Waals surface area contributed by atoms with Gasteiger partial charge in [0.15, 0.2) is 17.5 Å². The predicted molar refractivity (Wildman–Crippen MR) is 251 cm³/mol. The molecule has 6 saturated carbocycles. The van der Waals surface area contributed by atoms with Crippen molar-refractivity contribution in [2.45, 2.75) is 85.2 Å². The number of fused-ring (bicyclic) bond motifs is 17. The molecule has 0 saturated heterocycles. The Morgan fingerprint density at radius 1 is 0.667 bits per heavy atom. The first kappa shape index (κ1) is 37.2. The maximum Gasteiger partial charge on any atom is 0.599 e. The van der Waals surface area contributed by atoms with E-state index in [1.807, 2.05) is 0 Å². The van der Waals surface area contributed by atoms with Gasteiger partial charge in [0.05, 0.1) is 0 Å². The molecule has 5 aliphatic heterocycles. The summed E-state index contributed by atoms with van der Waals surface area (Å²) in [7, 11) is -4.09. The molecule has 11 heteroatoms. The fourth-order valence-electron chi connectivity index (χ4n) is 14.0. The van der Waals surface area contributed by atoms with Gasteiger partial charge in [0.1, 0.15) is 29.5 Å². The monoisotopic (exact) mass is 850 g/mol. The lowest BCUT2D eigenvalue weighted by atomic mass is 9.46. The predicted octanol–water partition coefficient (Wildman–Crippen LogP) is 10.4. The largest absolute Gasteiger partial charge is 0.599 e. The molecule has 0 amide bonds. The minimum absolute atomic E-state index is 0.295. The molecule has 7 atom stereocenters. The molecule has 7 unspecified atom stereocenters. The second-order valence-corrected chi connectivity index (χ2v) is 23.8. The molecule has 3 aromatic carbocycles. The first-order valence-electron chi connectivity index (χ1n) is 23.7. The van der Waals surface area contributed by atoms with Crippen LogP contribution < -0.4 is 5.32 Å². The van der Waals surface area contributed by atoms with Crippen molar-refractivity contribution >= 4 is 60.5 Å². The molecule has 6 heterocycles. The highest BCUT2D eigenvalue weighted by atomic mass is 28.4. The van der Waals surface area contributed by atoms with Gasteiger partial charge in [-0.1, -0.05) is 113 Å². The molecular weight excluding hydrogens is 797 g/mol. The van der Waals surface area contributed by atoms with Gasteiger partial charge < -0.3 is 14.2 Å². The van der Waals surface area contributed by atoms with Gasteiger partial charge >= 0.3 is 8.88 Å². The van der Waals surface area contributed by atoms with E-state index in [9.17, 15) is 0 Å². The molecule has 1 aromatic heterocycles. The quantitative estimate of drug-likeness (QED) is 0.195. The number of hydrogen-bond acceptors (Lipinski definition) is 9. The van der Waals surface area contributed by atoms with Crippen LogP contribution in [0.3, 0.4) is 0 Å². The zero-order valence-corrected chi connectivity index (χ0v) is 37.6. The van der Waals surface area contributed by atoms with Crippen molar-refractivity contribution in [2.75, 3.05) is 13.2 Å². The van der Waals surface area contributed by atoms with Gasteiger partial charge in [-0.25, -0.2) is 25.0 Å². The summed E-state index contributed by atoms with van der Waals surface area (Å²) in [5.41, 5.74) is 6.96. The Balaban J connectivity index is 1.09. The van der Waals surface area contributed by atoms with Crippen LogP contribution in [0.15, 0.2) is 121 Å². The minimum Gasteiger partial charge on any atom is -0.361 e. The van der Waals surface area contributed by atoms with Crippen molar-refractivity contribution in [3.63, 3.8) is 0 Å². The maximum absolute atomic E-state index is 8.18. The molecular formula is C52H54N8O2Si. The van der Waals surface area contributed by atoms with Crippen molar-refractivity contribution in [3.8, 4) is 0 Å². The number of hydrogen-bond donors (Lipinski definition) is 1. The zero-order valence-electron chi connectivity index (χ0n) is 36.6. The number of nitrogens with one attached hydrogen (secondary N) is 1. The fraction of sp³-hybridized carbons (Fsp3) is 0.442. The average molecular weight is 851 g/mol. The summed E-state index contributed by atoms with van der Waals surface area (Å²) < 4.78 is 21.2. The minimum atomic E-state index is -4.09. The molecule has 7 aliphatic carbocycles. The lowest BCUT2D eigenvalue weighted by Gasteiger charge is -2.61. The third-order valence-corrected chi connectivity index (χ3v) is 21.0. The highest BCUT2D eigenvalue weighted by molar-refractivity contribution is 6.68. The van der Waals surface area contributed by atoms with E-state index in [1.54, 1.807) is 0 Å². The Bertz CT molecular complexity index is 2880. The first-order valence-corrected chi connectivity index (χ1v) is 25.4. The van der Waals surface area contributed by atoms with Crippen molar-refractivity contribution in [3.05, 3.63) is 118 Å². The molecule has 12 aliphatic rings. The molecule has 10 nitrogen and oxygen atoms in total. The highest BCUT2D eigenvalue weighted by Crippen LogP contribution is 2.63. The standard InChI is InChI=1S/C52H54N8O2Si/c1-51(2)31-23-21-29(41(51)25-31)27-61-63(62-28-30-22-24-32-26-42(30)52(32,3)4)59-47-37-17-9-10-18-38(37)49(59)57-45-35-15-7-8-16-36(35)46(54-45)58-50-40-20-12-11-19-39(40)48(60(50)63)56-44-34-14-6-5-13-33(34)43(53-44)55-47/h5-7,9-15,17-20,29-32,41-42,47H,8,16,21-28H2,1-4H3,(H,53,55,56)/b57-49-,58-46-. The van der Waals surface area contributed by atoms with E-state index < -0.39 is 15.0 Å². The average Bonchev–Trinajstić information content (AvgIpc) is 4.03. The first-order chi connectivity index (χ1) is 30.7. The van der Waals surface area contributed by atoms with E-state index in [-0.39, 0.29) is 0 Å². The van der Waals surface area contributed by atoms with Crippen LogP contribution in [0.4, 0.5) is 11.6 Å². The number of rotatable bonds is 6. The van der Waals surface area contributed by atoms with Crippen molar-refractivity contribution in [2.24, 2.45) is 71.3 Å². The van der Waals surface area contributed by atoms with Gasteiger partial charge in [-0.15, -0.1) is 0 Å². The van der Waals surface area contributed by atoms with E-state index in [0.717, 1.165) is 111 Å². The summed E-state index contributed by atoms with van der Waals surface area (Å²) in [5.74, 6) is 8.82. The summed E-state index contributed by atoms with van der Waals surface area (Å²) in [6.45, 7) is 11.1. The fourth-order valence-corrected chi connectivity index (χ4v) is 17.5. The Morgan fingerprint density at radius 3 is 1.95 bits per heavy atom. The molecule has 16 rings (SSSR count). The Morgan fingerprint density at radius 2 is 1.29 bits per heavy atom. The van der Waals surface area contributed by atoms with Crippen molar-refractivity contribution < 1.29 is 8.85 Å². The summed E-state index contributed by atoms with van der Waals surface area (Å²) in [4.78, 5) is 27.9. The van der Waals surface area contributed by atoms with Gasteiger partial charge in [0, 0.05) is 57.4 Å². The highest BCUT2D eigenvalue weighted by Gasteiger charge is 2.64. The lowest BCUT2D eigenvalue weighted by Crippen LogP contribution is -2.68. The van der Waals surface area contributed by atoms with Crippen LogP contribution in [0.25, 0.3) is 10.8 Å². The Hall–Kier alpha value is -5.23. The van der Waals surface area contributed by atoms with E-state index in [4.69, 9.17) is 33.8 Å². The summed E-state index contributed by atoms with van der Waals surface area (Å²) in [6, 6.07) is 25.9. The van der Waals surface area contributed by atoms with Crippen molar-refractivity contribution in [1.29, 1.82) is 0 Å². The number of allylic oxidation sites excluding steroid dienone is 1. The lowest BCUT2D eigenvalue weighted by molar-refractivity contribution is -0.125. The summed E-state index contributed by atoms with van der Waals surface area (Å²) >= 11 is 0.